The van der Waals surface area contributed by atoms with Crippen molar-refractivity contribution in [2.45, 2.75) is 25.3 Å². The van der Waals surface area contributed by atoms with Crippen molar-refractivity contribution >= 4 is 5.91 Å². The average Bonchev–Trinajstić information content (AvgIpc) is 3.18. The van der Waals surface area contributed by atoms with Crippen molar-refractivity contribution in [2.24, 2.45) is 0 Å². The summed E-state index contributed by atoms with van der Waals surface area (Å²) >= 11 is 0. The van der Waals surface area contributed by atoms with Crippen LogP contribution < -0.4 is 15.0 Å². The van der Waals surface area contributed by atoms with Gasteiger partial charge in [0.1, 0.15) is 11.8 Å². The van der Waals surface area contributed by atoms with Crippen molar-refractivity contribution in [1.29, 1.82) is 0 Å². The van der Waals surface area contributed by atoms with Crippen molar-refractivity contribution < 1.29 is 18.8 Å². The Balaban J connectivity index is 1.72. The molecule has 24 heavy (non-hydrogen) atoms. The Hall–Kier alpha value is -2.27. The molecule has 1 aromatic heterocycles. The molecule has 2 heterocycles. The minimum atomic E-state index is -0.157. The van der Waals surface area contributed by atoms with Gasteiger partial charge in [0.05, 0.1) is 33.0 Å². The highest BCUT2D eigenvalue weighted by atomic mass is 16.5. The molecule has 2 aromatic rings. The molecule has 2 N–H and O–H groups in total. The van der Waals surface area contributed by atoms with E-state index in [-0.39, 0.29) is 11.9 Å². The minimum Gasteiger partial charge on any atom is -0.497 e. The first-order valence-corrected chi connectivity index (χ1v) is 8.58. The molecule has 1 atom stereocenters. The van der Waals surface area contributed by atoms with Gasteiger partial charge in [-0.3, -0.25) is 4.79 Å². The van der Waals surface area contributed by atoms with Crippen LogP contribution in [-0.4, -0.2) is 32.7 Å². The molecule has 0 unspecified atom stereocenters. The summed E-state index contributed by atoms with van der Waals surface area (Å²) in [5.74, 6) is 1.05. The monoisotopic (exact) mass is 329 g/mol. The number of methoxy groups -OCH3 is 1. The Labute approximate surface area is 142 Å². The number of nitrogens with one attached hydrogen (secondary N) is 2. The van der Waals surface area contributed by atoms with Crippen LogP contribution in [-0.2, 0) is 0 Å². The van der Waals surface area contributed by atoms with Gasteiger partial charge < -0.3 is 19.4 Å². The van der Waals surface area contributed by atoms with Gasteiger partial charge in [-0.25, -0.2) is 0 Å². The zero-order valence-electron chi connectivity index (χ0n) is 14.1. The summed E-state index contributed by atoms with van der Waals surface area (Å²) in [5.41, 5.74) is 1.23. The number of ether oxygens (including phenoxy) is 1. The van der Waals surface area contributed by atoms with E-state index in [1.165, 1.54) is 36.0 Å². The largest absolute Gasteiger partial charge is 0.497 e. The van der Waals surface area contributed by atoms with E-state index in [4.69, 9.17) is 9.15 Å². The van der Waals surface area contributed by atoms with Crippen molar-refractivity contribution in [3.05, 3.63) is 54.0 Å². The summed E-state index contributed by atoms with van der Waals surface area (Å²) in [6.07, 6.45) is 5.31. The van der Waals surface area contributed by atoms with Crippen LogP contribution in [0.3, 0.4) is 0 Å². The molecular formula is C19H25N2O3+. The fourth-order valence-electron chi connectivity index (χ4n) is 3.38. The van der Waals surface area contributed by atoms with Crippen molar-refractivity contribution in [3.8, 4) is 5.75 Å². The Kier molecular flexibility index (Phi) is 5.54. The van der Waals surface area contributed by atoms with Crippen LogP contribution in [0.25, 0.3) is 0 Å². The molecule has 0 bridgehead atoms. The van der Waals surface area contributed by atoms with Crippen molar-refractivity contribution in [1.82, 2.24) is 5.32 Å². The number of quaternary nitrogens is 1. The summed E-state index contributed by atoms with van der Waals surface area (Å²) in [6, 6.07) is 11.8. The third-order valence-corrected chi connectivity index (χ3v) is 4.72. The number of likely N-dealkylation sites (tertiary alicyclic amines) is 1. The molecule has 0 aliphatic carbocycles. The van der Waals surface area contributed by atoms with E-state index in [2.05, 4.69) is 17.4 Å². The van der Waals surface area contributed by atoms with Crippen LogP contribution in [0.15, 0.2) is 47.1 Å². The Morgan fingerprint density at radius 2 is 1.96 bits per heavy atom. The molecule has 0 spiro atoms. The van der Waals surface area contributed by atoms with Gasteiger partial charge in [0.15, 0.2) is 5.76 Å². The lowest BCUT2D eigenvalue weighted by Crippen LogP contribution is -3.13. The van der Waals surface area contributed by atoms with Crippen LogP contribution in [0.1, 0.15) is 41.4 Å². The number of rotatable bonds is 6. The third-order valence-electron chi connectivity index (χ3n) is 4.72. The zero-order chi connectivity index (χ0) is 16.8. The van der Waals surface area contributed by atoms with E-state index < -0.39 is 0 Å². The fourth-order valence-corrected chi connectivity index (χ4v) is 3.38. The molecule has 1 aliphatic rings. The number of benzene rings is 1. The number of furan rings is 1. The zero-order valence-corrected chi connectivity index (χ0v) is 14.1. The summed E-state index contributed by atoms with van der Waals surface area (Å²) in [6.45, 7) is 2.89. The molecule has 1 saturated heterocycles. The minimum absolute atomic E-state index is 0.157. The molecule has 1 amide bonds. The van der Waals surface area contributed by atoms with Crippen LogP contribution >= 0.6 is 0 Å². The van der Waals surface area contributed by atoms with Gasteiger partial charge in [-0.1, -0.05) is 0 Å². The smallest absolute Gasteiger partial charge is 0.287 e. The number of hydrogen-bond acceptors (Lipinski definition) is 3. The molecular weight excluding hydrogens is 304 g/mol. The molecule has 0 saturated carbocycles. The number of amides is 1. The lowest BCUT2D eigenvalue weighted by Gasteiger charge is -2.32. The summed E-state index contributed by atoms with van der Waals surface area (Å²) in [4.78, 5) is 13.7. The van der Waals surface area contributed by atoms with E-state index in [9.17, 15) is 4.79 Å². The molecule has 0 radical (unpaired) electrons. The maximum Gasteiger partial charge on any atom is 0.287 e. The van der Waals surface area contributed by atoms with Crippen molar-refractivity contribution in [2.75, 3.05) is 26.7 Å². The Morgan fingerprint density at radius 1 is 1.21 bits per heavy atom. The van der Waals surface area contributed by atoms with Crippen molar-refractivity contribution in [3.63, 3.8) is 0 Å². The van der Waals surface area contributed by atoms with E-state index in [0.717, 1.165) is 18.8 Å². The molecule has 1 aliphatic heterocycles. The molecule has 128 valence electrons. The predicted molar refractivity (Wildman–Crippen MR) is 91.3 cm³/mol. The lowest BCUT2D eigenvalue weighted by atomic mass is 10.0. The fraction of sp³-hybridized carbons (Fsp3) is 0.421. The first-order chi connectivity index (χ1) is 11.8. The lowest BCUT2D eigenvalue weighted by molar-refractivity contribution is -0.935. The Morgan fingerprint density at radius 3 is 2.58 bits per heavy atom. The highest BCUT2D eigenvalue weighted by Gasteiger charge is 2.27. The highest BCUT2D eigenvalue weighted by molar-refractivity contribution is 5.91. The standard InChI is InChI=1S/C19H24N2O3/c1-23-16-9-7-15(8-10-16)17(21-11-3-2-4-12-21)14-20-19(22)18-6-5-13-24-18/h5-10,13,17H,2-4,11-12,14H2,1H3,(H,20,22)/p+1/t17-/m0/s1. The molecule has 3 rings (SSSR count). The second-order valence-corrected chi connectivity index (χ2v) is 6.23. The normalized spacial score (nSPS) is 16.5. The summed E-state index contributed by atoms with van der Waals surface area (Å²) in [7, 11) is 1.67. The van der Waals surface area contributed by atoms with Crippen LogP contribution in [0.4, 0.5) is 0 Å². The van der Waals surface area contributed by atoms with Gasteiger partial charge in [-0.15, -0.1) is 0 Å². The predicted octanol–water partition coefficient (Wildman–Crippen LogP) is 1.83. The van der Waals surface area contributed by atoms with Crippen LogP contribution in [0, 0.1) is 0 Å². The second-order valence-electron chi connectivity index (χ2n) is 6.23. The molecule has 5 nitrogen and oxygen atoms in total. The van der Waals surface area contributed by atoms with Crippen LogP contribution in [0.2, 0.25) is 0 Å². The number of carbonyl (C=O) groups excluding carboxylic acids is 1. The number of piperidine rings is 1. The first kappa shape index (κ1) is 16.6. The van der Waals surface area contributed by atoms with Gasteiger partial charge in [-0.05, 0) is 55.7 Å². The van der Waals surface area contributed by atoms with Gasteiger partial charge >= 0.3 is 0 Å². The maximum absolute atomic E-state index is 12.2. The quantitative estimate of drug-likeness (QED) is 0.850. The Bertz CT molecular complexity index is 631. The summed E-state index contributed by atoms with van der Waals surface area (Å²) < 4.78 is 10.4. The summed E-state index contributed by atoms with van der Waals surface area (Å²) in [5, 5.41) is 3.02. The molecule has 1 fully saturated rings. The number of hydrogen-bond donors (Lipinski definition) is 2. The highest BCUT2D eigenvalue weighted by Crippen LogP contribution is 2.16. The topological polar surface area (TPSA) is 55.9 Å². The van der Waals surface area contributed by atoms with Gasteiger partial charge in [0.2, 0.25) is 0 Å². The van der Waals surface area contributed by atoms with E-state index >= 15 is 0 Å². The molecule has 1 aromatic carbocycles. The first-order valence-electron chi connectivity index (χ1n) is 8.58. The third kappa shape index (κ3) is 3.97. The van der Waals surface area contributed by atoms with E-state index in [1.807, 2.05) is 12.1 Å². The van der Waals surface area contributed by atoms with E-state index in [1.54, 1.807) is 19.2 Å². The SMILES string of the molecule is COc1ccc([C@H](CNC(=O)c2ccco2)[NH+]2CCCCC2)cc1. The van der Waals surface area contributed by atoms with Gasteiger partial charge in [-0.2, -0.15) is 0 Å². The number of carbonyl (C=O) groups is 1. The van der Waals surface area contributed by atoms with Gasteiger partial charge in [0, 0.05) is 5.56 Å². The van der Waals surface area contributed by atoms with Gasteiger partial charge in [0.25, 0.3) is 5.91 Å². The molecule has 5 heteroatoms. The maximum atomic E-state index is 12.2. The van der Waals surface area contributed by atoms with E-state index in [0.29, 0.717) is 12.3 Å². The average molecular weight is 329 g/mol. The second kappa shape index (κ2) is 8.02. The van der Waals surface area contributed by atoms with Crippen LogP contribution in [0.5, 0.6) is 5.75 Å².